The standard InChI is InChI=1S/C23H24N4O4/c1-15-7-9-17(10-8-15)14-31-20-6-4-3-5-18(20)13-24-27-21(28)12-11-19-16(2)25-23(30)26-22(19)29/h3-10,13H,11-12,14H2,1-2H3,(H,27,28)(H2,25,26,29,30)/b24-13+. The number of benzene rings is 2. The van der Waals surface area contributed by atoms with Crippen molar-refractivity contribution >= 4 is 12.1 Å². The second kappa shape index (κ2) is 10.2. The minimum absolute atomic E-state index is 0.0544. The Morgan fingerprint density at radius 1 is 1.06 bits per heavy atom. The molecule has 0 aliphatic heterocycles. The zero-order chi connectivity index (χ0) is 22.2. The van der Waals surface area contributed by atoms with Gasteiger partial charge in [-0.3, -0.25) is 14.6 Å². The van der Waals surface area contributed by atoms with Crippen LogP contribution in [0.2, 0.25) is 0 Å². The highest BCUT2D eigenvalue weighted by Gasteiger charge is 2.09. The number of carbonyl (C=O) groups is 1. The van der Waals surface area contributed by atoms with Crippen molar-refractivity contribution in [2.24, 2.45) is 5.10 Å². The smallest absolute Gasteiger partial charge is 0.325 e. The summed E-state index contributed by atoms with van der Waals surface area (Å²) in [5.74, 6) is 0.302. The molecule has 0 atom stereocenters. The second-order valence-electron chi connectivity index (χ2n) is 7.12. The zero-order valence-electron chi connectivity index (χ0n) is 17.4. The summed E-state index contributed by atoms with van der Waals surface area (Å²) in [5, 5.41) is 3.99. The normalized spacial score (nSPS) is 10.9. The van der Waals surface area contributed by atoms with Crippen LogP contribution in [-0.2, 0) is 17.8 Å². The van der Waals surface area contributed by atoms with E-state index in [1.807, 2.05) is 55.5 Å². The summed E-state index contributed by atoms with van der Waals surface area (Å²) in [5.41, 5.74) is 5.18. The molecule has 0 aliphatic rings. The number of aromatic nitrogens is 2. The van der Waals surface area contributed by atoms with Gasteiger partial charge in [0.2, 0.25) is 5.91 Å². The maximum Gasteiger partial charge on any atom is 0.325 e. The number of hydrogen-bond donors (Lipinski definition) is 3. The molecule has 2 aromatic carbocycles. The third-order valence-electron chi connectivity index (χ3n) is 4.68. The Labute approximate surface area is 179 Å². The van der Waals surface area contributed by atoms with Gasteiger partial charge in [0, 0.05) is 23.2 Å². The molecule has 160 valence electrons. The average molecular weight is 420 g/mol. The van der Waals surface area contributed by atoms with Crippen LogP contribution >= 0.6 is 0 Å². The van der Waals surface area contributed by atoms with Gasteiger partial charge in [-0.25, -0.2) is 10.2 Å². The Morgan fingerprint density at radius 2 is 1.81 bits per heavy atom. The predicted molar refractivity (Wildman–Crippen MR) is 118 cm³/mol. The fourth-order valence-electron chi connectivity index (χ4n) is 2.96. The van der Waals surface area contributed by atoms with Gasteiger partial charge < -0.3 is 9.72 Å². The van der Waals surface area contributed by atoms with Gasteiger partial charge in [-0.15, -0.1) is 0 Å². The molecule has 1 amide bonds. The predicted octanol–water partition coefficient (Wildman–Crippen LogP) is 2.34. The van der Waals surface area contributed by atoms with Crippen molar-refractivity contribution in [2.75, 3.05) is 0 Å². The first-order chi connectivity index (χ1) is 14.9. The summed E-state index contributed by atoms with van der Waals surface area (Å²) < 4.78 is 5.89. The third-order valence-corrected chi connectivity index (χ3v) is 4.68. The molecule has 0 radical (unpaired) electrons. The first-order valence-electron chi connectivity index (χ1n) is 9.84. The second-order valence-corrected chi connectivity index (χ2v) is 7.12. The molecule has 8 heteroatoms. The lowest BCUT2D eigenvalue weighted by Crippen LogP contribution is -2.28. The number of nitrogens with one attached hydrogen (secondary N) is 3. The molecule has 1 heterocycles. The summed E-state index contributed by atoms with van der Waals surface area (Å²) in [6.07, 6.45) is 1.76. The quantitative estimate of drug-likeness (QED) is 0.383. The Morgan fingerprint density at radius 3 is 2.55 bits per heavy atom. The van der Waals surface area contributed by atoms with Crippen LogP contribution in [0.25, 0.3) is 0 Å². The van der Waals surface area contributed by atoms with Crippen molar-refractivity contribution < 1.29 is 9.53 Å². The fraction of sp³-hybridized carbons (Fsp3) is 0.217. The Bertz CT molecular complexity index is 1190. The number of aryl methyl sites for hydroxylation is 2. The van der Waals surface area contributed by atoms with Crippen LogP contribution in [0.4, 0.5) is 0 Å². The van der Waals surface area contributed by atoms with Crippen LogP contribution < -0.4 is 21.4 Å². The first kappa shape index (κ1) is 21.8. The molecule has 0 fully saturated rings. The number of carbonyl (C=O) groups excluding carboxylic acids is 1. The molecule has 0 bridgehead atoms. The number of ether oxygens (including phenoxy) is 1. The number of aromatic amines is 2. The number of nitrogens with zero attached hydrogens (tertiary/aromatic N) is 1. The molecule has 3 N–H and O–H groups in total. The molecule has 0 saturated carbocycles. The molecular formula is C23H24N4O4. The van der Waals surface area contributed by atoms with Crippen LogP contribution in [0.15, 0.2) is 63.2 Å². The highest BCUT2D eigenvalue weighted by Crippen LogP contribution is 2.17. The van der Waals surface area contributed by atoms with E-state index in [0.717, 1.165) is 11.1 Å². The Kier molecular flexibility index (Phi) is 7.16. The van der Waals surface area contributed by atoms with Crippen LogP contribution in [-0.4, -0.2) is 22.1 Å². The Balaban J connectivity index is 1.56. The van der Waals surface area contributed by atoms with Crippen molar-refractivity contribution in [2.45, 2.75) is 33.3 Å². The lowest BCUT2D eigenvalue weighted by atomic mass is 10.1. The minimum Gasteiger partial charge on any atom is -0.488 e. The van der Waals surface area contributed by atoms with Gasteiger partial charge in [0.15, 0.2) is 0 Å². The largest absolute Gasteiger partial charge is 0.488 e. The number of para-hydroxylation sites is 1. The van der Waals surface area contributed by atoms with Crippen molar-refractivity contribution in [1.29, 1.82) is 0 Å². The minimum atomic E-state index is -0.566. The molecule has 8 nitrogen and oxygen atoms in total. The van der Waals surface area contributed by atoms with E-state index in [-0.39, 0.29) is 18.7 Å². The van der Waals surface area contributed by atoms with E-state index in [1.165, 1.54) is 11.8 Å². The number of amides is 1. The molecule has 3 aromatic rings. The molecule has 3 rings (SSSR count). The van der Waals surface area contributed by atoms with Crippen molar-refractivity contribution in [3.63, 3.8) is 0 Å². The van der Waals surface area contributed by atoms with Crippen LogP contribution in [0.5, 0.6) is 5.75 Å². The fourth-order valence-corrected chi connectivity index (χ4v) is 2.96. The van der Waals surface area contributed by atoms with Gasteiger partial charge in [-0.2, -0.15) is 5.10 Å². The molecule has 0 saturated heterocycles. The van der Waals surface area contributed by atoms with Crippen LogP contribution in [0.3, 0.4) is 0 Å². The molecule has 0 unspecified atom stereocenters. The SMILES string of the molecule is Cc1ccc(COc2ccccc2/C=N/NC(=O)CCc2c(C)[nH]c(=O)[nH]c2=O)cc1. The lowest BCUT2D eigenvalue weighted by molar-refractivity contribution is -0.121. The topological polar surface area (TPSA) is 116 Å². The zero-order valence-corrected chi connectivity index (χ0v) is 17.4. The molecule has 0 spiro atoms. The molecule has 31 heavy (non-hydrogen) atoms. The van der Waals surface area contributed by atoms with E-state index in [2.05, 4.69) is 20.5 Å². The number of hydrazone groups is 1. The summed E-state index contributed by atoms with van der Waals surface area (Å²) in [7, 11) is 0. The maximum atomic E-state index is 12.1. The van der Waals surface area contributed by atoms with Gasteiger partial charge in [0.1, 0.15) is 12.4 Å². The monoisotopic (exact) mass is 420 g/mol. The van der Waals surface area contributed by atoms with E-state index in [0.29, 0.717) is 23.6 Å². The van der Waals surface area contributed by atoms with Gasteiger partial charge in [0.25, 0.3) is 5.56 Å². The van der Waals surface area contributed by atoms with Gasteiger partial charge in [-0.1, -0.05) is 42.0 Å². The highest BCUT2D eigenvalue weighted by atomic mass is 16.5. The molecule has 0 aliphatic carbocycles. The van der Waals surface area contributed by atoms with E-state index in [9.17, 15) is 14.4 Å². The maximum absolute atomic E-state index is 12.1. The number of H-pyrrole nitrogens is 2. The van der Waals surface area contributed by atoms with Crippen LogP contribution in [0, 0.1) is 13.8 Å². The van der Waals surface area contributed by atoms with E-state index in [1.54, 1.807) is 6.92 Å². The van der Waals surface area contributed by atoms with Gasteiger partial charge >= 0.3 is 5.69 Å². The van der Waals surface area contributed by atoms with E-state index < -0.39 is 11.2 Å². The number of hydrogen-bond acceptors (Lipinski definition) is 5. The Hall–Kier alpha value is -3.94. The molecular weight excluding hydrogens is 396 g/mol. The number of rotatable bonds is 8. The average Bonchev–Trinajstić information content (AvgIpc) is 2.73. The summed E-state index contributed by atoms with van der Waals surface area (Å²) >= 11 is 0. The van der Waals surface area contributed by atoms with Crippen molar-refractivity contribution in [1.82, 2.24) is 15.4 Å². The highest BCUT2D eigenvalue weighted by molar-refractivity contribution is 5.85. The third kappa shape index (κ3) is 6.27. The van der Waals surface area contributed by atoms with E-state index in [4.69, 9.17) is 4.74 Å². The van der Waals surface area contributed by atoms with Gasteiger partial charge in [-0.05, 0) is 38.0 Å². The summed E-state index contributed by atoms with van der Waals surface area (Å²) in [6.45, 7) is 4.07. The molecule has 1 aromatic heterocycles. The van der Waals surface area contributed by atoms with E-state index >= 15 is 0 Å². The van der Waals surface area contributed by atoms with Crippen molar-refractivity contribution in [3.05, 3.63) is 97.3 Å². The van der Waals surface area contributed by atoms with Crippen molar-refractivity contribution in [3.8, 4) is 5.75 Å². The van der Waals surface area contributed by atoms with Crippen LogP contribution in [0.1, 0.15) is 34.4 Å². The first-order valence-corrected chi connectivity index (χ1v) is 9.84. The summed E-state index contributed by atoms with van der Waals surface area (Å²) in [4.78, 5) is 39.8. The van der Waals surface area contributed by atoms with Gasteiger partial charge in [0.05, 0.1) is 6.21 Å². The summed E-state index contributed by atoms with van der Waals surface area (Å²) in [6, 6.07) is 15.5. The lowest BCUT2D eigenvalue weighted by Gasteiger charge is -2.09.